The van der Waals surface area contributed by atoms with E-state index in [1.165, 1.54) is 6.26 Å². The maximum atomic E-state index is 8.90. The Hall–Kier alpha value is -1.19. The minimum atomic E-state index is 0.391. The molecule has 0 saturated heterocycles. The van der Waals surface area contributed by atoms with Gasteiger partial charge in [0.2, 0.25) is 0 Å². The van der Waals surface area contributed by atoms with E-state index in [1.807, 2.05) is 0 Å². The van der Waals surface area contributed by atoms with Crippen molar-refractivity contribution in [1.29, 1.82) is 0 Å². The number of halogens is 2. The molecule has 1 aromatic carbocycles. The highest BCUT2D eigenvalue weighted by Crippen LogP contribution is 2.26. The first kappa shape index (κ1) is 10.3. The van der Waals surface area contributed by atoms with Gasteiger partial charge in [0, 0.05) is 16.0 Å². The third-order valence-corrected chi connectivity index (χ3v) is 2.59. The summed E-state index contributed by atoms with van der Waals surface area (Å²) in [6, 6.07) is 3.22. The van der Waals surface area contributed by atoms with E-state index < -0.39 is 0 Å². The molecule has 3 nitrogen and oxygen atoms in total. The first-order valence-electron chi connectivity index (χ1n) is 4.18. The first-order chi connectivity index (χ1) is 7.13. The molecular formula is C10H7Cl2NO2. The highest BCUT2D eigenvalue weighted by molar-refractivity contribution is 6.38. The van der Waals surface area contributed by atoms with Gasteiger partial charge in [-0.1, -0.05) is 28.4 Å². The van der Waals surface area contributed by atoms with Gasteiger partial charge < -0.3 is 9.62 Å². The zero-order chi connectivity index (χ0) is 11.0. The summed E-state index contributed by atoms with van der Waals surface area (Å²) in [5.74, 6) is 0. The van der Waals surface area contributed by atoms with Gasteiger partial charge in [0.1, 0.15) is 5.36 Å². The summed E-state index contributed by atoms with van der Waals surface area (Å²) < 4.78 is 5.31. The molecule has 15 heavy (non-hydrogen) atoms. The van der Waals surface area contributed by atoms with Crippen LogP contribution in [0.25, 0.3) is 11.0 Å². The number of hydrogen-bond donors (Lipinski definition) is 1. The summed E-state index contributed by atoms with van der Waals surface area (Å²) in [6.45, 7) is 1.77. The molecule has 0 amide bonds. The van der Waals surface area contributed by atoms with Crippen molar-refractivity contribution in [2.24, 2.45) is 5.16 Å². The minimum Gasteiger partial charge on any atom is -0.462 e. The lowest BCUT2D eigenvalue weighted by molar-refractivity contribution is 0.302. The van der Waals surface area contributed by atoms with Crippen LogP contribution >= 0.6 is 23.2 Å². The molecule has 1 N–H and O–H groups in total. The molecule has 2 aromatic rings. The quantitative estimate of drug-likeness (QED) is 0.570. The Bertz CT molecular complexity index is 590. The normalized spacial score (nSPS) is 12.3. The molecule has 2 rings (SSSR count). The molecule has 1 aromatic heterocycles. The summed E-state index contributed by atoms with van der Waals surface area (Å²) >= 11 is 11.8. The average Bonchev–Trinajstić information content (AvgIpc) is 2.17. The molecule has 0 fully saturated rings. The van der Waals surface area contributed by atoms with Crippen molar-refractivity contribution in [3.05, 3.63) is 39.4 Å². The molecule has 0 radical (unpaired) electrons. The second-order valence-corrected chi connectivity index (χ2v) is 3.98. The van der Waals surface area contributed by atoms with Crippen molar-refractivity contribution >= 4 is 34.2 Å². The molecule has 0 aliphatic carbocycles. The monoisotopic (exact) mass is 243 g/mol. The van der Waals surface area contributed by atoms with E-state index in [0.29, 0.717) is 31.9 Å². The maximum Gasteiger partial charge on any atom is 0.154 e. The Kier molecular flexibility index (Phi) is 2.59. The zero-order valence-electron chi connectivity index (χ0n) is 7.79. The van der Waals surface area contributed by atoms with Crippen molar-refractivity contribution in [2.45, 2.75) is 6.92 Å². The van der Waals surface area contributed by atoms with Crippen LogP contribution in [0.1, 0.15) is 5.56 Å². The van der Waals surface area contributed by atoms with E-state index in [9.17, 15) is 0 Å². The minimum absolute atomic E-state index is 0.391. The first-order valence-corrected chi connectivity index (χ1v) is 4.94. The summed E-state index contributed by atoms with van der Waals surface area (Å²) in [5.41, 5.74) is 1.17. The van der Waals surface area contributed by atoms with Crippen molar-refractivity contribution < 1.29 is 9.62 Å². The number of fused-ring (bicyclic) bond motifs is 1. The maximum absolute atomic E-state index is 8.90. The number of rotatable bonds is 0. The molecule has 78 valence electrons. The second-order valence-electron chi connectivity index (χ2n) is 3.13. The van der Waals surface area contributed by atoms with Crippen LogP contribution in [0.15, 0.2) is 28.0 Å². The molecule has 0 aliphatic rings. The standard InChI is InChI=1S/C10H7Cl2NO2/c1-5-4-15-10-7(9(5)13-14)2-6(11)3-8(10)12/h2-4,14H,1H3. The third kappa shape index (κ3) is 1.68. The Morgan fingerprint density at radius 3 is 2.73 bits per heavy atom. The molecule has 0 spiro atoms. The highest BCUT2D eigenvalue weighted by Gasteiger charge is 2.07. The smallest absolute Gasteiger partial charge is 0.154 e. The molecular weight excluding hydrogens is 237 g/mol. The van der Waals surface area contributed by atoms with Crippen LogP contribution < -0.4 is 5.36 Å². The van der Waals surface area contributed by atoms with Crippen molar-refractivity contribution in [1.82, 2.24) is 0 Å². The van der Waals surface area contributed by atoms with Gasteiger partial charge in [0.25, 0.3) is 0 Å². The van der Waals surface area contributed by atoms with Crippen molar-refractivity contribution in [2.75, 3.05) is 0 Å². The van der Waals surface area contributed by atoms with Gasteiger partial charge >= 0.3 is 0 Å². The summed E-state index contributed by atoms with van der Waals surface area (Å²) in [6.07, 6.45) is 1.48. The topological polar surface area (TPSA) is 45.7 Å². The molecule has 1 heterocycles. The van der Waals surface area contributed by atoms with Crippen LogP contribution in [-0.4, -0.2) is 5.21 Å². The predicted octanol–water partition coefficient (Wildman–Crippen LogP) is 3.34. The van der Waals surface area contributed by atoms with E-state index in [1.54, 1.807) is 19.1 Å². The molecule has 0 unspecified atom stereocenters. The van der Waals surface area contributed by atoms with Gasteiger partial charge in [-0.05, 0) is 19.1 Å². The van der Waals surface area contributed by atoms with Crippen LogP contribution in [-0.2, 0) is 0 Å². The van der Waals surface area contributed by atoms with Gasteiger partial charge in [0.15, 0.2) is 5.58 Å². The summed E-state index contributed by atoms with van der Waals surface area (Å²) in [7, 11) is 0. The lowest BCUT2D eigenvalue weighted by Crippen LogP contribution is -2.07. The number of aryl methyl sites for hydroxylation is 1. The fourth-order valence-corrected chi connectivity index (χ4v) is 1.94. The molecule has 0 atom stereocenters. The van der Waals surface area contributed by atoms with Crippen LogP contribution in [0.4, 0.5) is 0 Å². The van der Waals surface area contributed by atoms with E-state index in [2.05, 4.69) is 5.16 Å². The van der Waals surface area contributed by atoms with Crippen molar-refractivity contribution in [3.63, 3.8) is 0 Å². The lowest BCUT2D eigenvalue weighted by atomic mass is 10.2. The van der Waals surface area contributed by atoms with E-state index in [4.69, 9.17) is 32.8 Å². The predicted molar refractivity (Wildman–Crippen MR) is 58.3 cm³/mol. The van der Waals surface area contributed by atoms with E-state index in [0.717, 1.165) is 0 Å². The Morgan fingerprint density at radius 1 is 1.33 bits per heavy atom. The van der Waals surface area contributed by atoms with Gasteiger partial charge in [-0.2, -0.15) is 0 Å². The Morgan fingerprint density at radius 2 is 2.07 bits per heavy atom. The largest absolute Gasteiger partial charge is 0.462 e. The van der Waals surface area contributed by atoms with E-state index in [-0.39, 0.29) is 0 Å². The van der Waals surface area contributed by atoms with Gasteiger partial charge in [-0.25, -0.2) is 0 Å². The van der Waals surface area contributed by atoms with Crippen LogP contribution in [0.3, 0.4) is 0 Å². The van der Waals surface area contributed by atoms with Crippen LogP contribution in [0.5, 0.6) is 0 Å². The molecule has 0 bridgehead atoms. The Labute approximate surface area is 95.5 Å². The highest BCUT2D eigenvalue weighted by atomic mass is 35.5. The third-order valence-electron chi connectivity index (χ3n) is 2.09. The van der Waals surface area contributed by atoms with Gasteiger partial charge in [-0.15, -0.1) is 0 Å². The summed E-state index contributed by atoms with van der Waals surface area (Å²) in [4.78, 5) is 0. The van der Waals surface area contributed by atoms with Crippen molar-refractivity contribution in [3.8, 4) is 0 Å². The molecule has 0 aliphatic heterocycles. The Balaban J connectivity index is 3.05. The van der Waals surface area contributed by atoms with Crippen LogP contribution in [0, 0.1) is 6.92 Å². The zero-order valence-corrected chi connectivity index (χ0v) is 9.30. The lowest BCUT2D eigenvalue weighted by Gasteiger charge is -2.02. The molecule has 5 heteroatoms. The van der Waals surface area contributed by atoms with Gasteiger partial charge in [-0.3, -0.25) is 0 Å². The van der Waals surface area contributed by atoms with Gasteiger partial charge in [0.05, 0.1) is 11.3 Å². The fraction of sp³-hybridized carbons (Fsp3) is 0.100. The molecule has 0 saturated carbocycles. The van der Waals surface area contributed by atoms with E-state index >= 15 is 0 Å². The fourth-order valence-electron chi connectivity index (χ4n) is 1.40. The SMILES string of the molecule is Cc1coc2c(Cl)cc(Cl)cc2c1=NO. The summed E-state index contributed by atoms with van der Waals surface area (Å²) in [5, 5.41) is 14.0. The number of benzene rings is 1. The van der Waals surface area contributed by atoms with Crippen LogP contribution in [0.2, 0.25) is 10.0 Å². The number of hydrogen-bond acceptors (Lipinski definition) is 3. The number of nitrogens with zero attached hydrogens (tertiary/aromatic N) is 1. The second kappa shape index (κ2) is 3.76. The average molecular weight is 244 g/mol.